The molecule has 52 valence electrons. The second kappa shape index (κ2) is 3.17. The van der Waals surface area contributed by atoms with Crippen molar-refractivity contribution >= 4 is 17.8 Å². The van der Waals surface area contributed by atoms with E-state index < -0.39 is 0 Å². The van der Waals surface area contributed by atoms with E-state index in [1.165, 1.54) is 6.21 Å². The molecule has 1 aromatic heterocycles. The molecule has 4 heteroatoms. The summed E-state index contributed by atoms with van der Waals surface area (Å²) in [6.45, 7) is 0. The van der Waals surface area contributed by atoms with E-state index in [9.17, 15) is 0 Å². The van der Waals surface area contributed by atoms with Crippen molar-refractivity contribution in [2.75, 3.05) is 0 Å². The number of halogens is 1. The number of hydrogen-bond donors (Lipinski definition) is 1. The van der Waals surface area contributed by atoms with Gasteiger partial charge >= 0.3 is 0 Å². The number of nitrogens with two attached hydrogens (primary N) is 1. The third kappa shape index (κ3) is 1.45. The van der Waals surface area contributed by atoms with Gasteiger partial charge in [0.05, 0.1) is 6.21 Å². The maximum absolute atomic E-state index is 5.65. The van der Waals surface area contributed by atoms with E-state index in [0.717, 1.165) is 5.56 Å². The summed E-state index contributed by atoms with van der Waals surface area (Å²) in [7, 11) is 0. The van der Waals surface area contributed by atoms with Gasteiger partial charge in [-0.3, -0.25) is 0 Å². The molecule has 1 aromatic rings. The van der Waals surface area contributed by atoms with Gasteiger partial charge in [-0.25, -0.2) is 4.98 Å². The molecule has 0 bridgehead atoms. The van der Waals surface area contributed by atoms with Crippen LogP contribution < -0.4 is 5.84 Å². The molecule has 0 saturated heterocycles. The SMILES string of the molecule is NN=Cc1cccnc1Cl. The highest BCUT2D eigenvalue weighted by Gasteiger charge is 1.93. The van der Waals surface area contributed by atoms with E-state index in [-0.39, 0.29) is 0 Å². The van der Waals surface area contributed by atoms with Crippen molar-refractivity contribution in [3.63, 3.8) is 0 Å². The summed E-state index contributed by atoms with van der Waals surface area (Å²) in [4.78, 5) is 3.82. The zero-order valence-electron chi connectivity index (χ0n) is 5.16. The fourth-order valence-corrected chi connectivity index (χ4v) is 0.743. The Balaban J connectivity index is 3.03. The maximum Gasteiger partial charge on any atom is 0.137 e. The Labute approximate surface area is 63.5 Å². The topological polar surface area (TPSA) is 51.3 Å². The predicted molar refractivity (Wildman–Crippen MR) is 41.0 cm³/mol. The average molecular weight is 156 g/mol. The van der Waals surface area contributed by atoms with Gasteiger partial charge in [-0.15, -0.1) is 0 Å². The smallest absolute Gasteiger partial charge is 0.137 e. The highest BCUT2D eigenvalue weighted by Crippen LogP contribution is 2.07. The van der Waals surface area contributed by atoms with E-state index in [0.29, 0.717) is 5.15 Å². The van der Waals surface area contributed by atoms with Crippen molar-refractivity contribution in [1.82, 2.24) is 4.98 Å². The van der Waals surface area contributed by atoms with Gasteiger partial charge in [-0.1, -0.05) is 11.6 Å². The molecule has 0 amide bonds. The summed E-state index contributed by atoms with van der Waals surface area (Å²) in [5, 5.41) is 3.73. The maximum atomic E-state index is 5.65. The Morgan fingerprint density at radius 1 is 1.70 bits per heavy atom. The molecule has 0 radical (unpaired) electrons. The summed E-state index contributed by atoms with van der Waals surface area (Å²) in [6, 6.07) is 3.55. The van der Waals surface area contributed by atoms with Crippen LogP contribution in [-0.4, -0.2) is 11.2 Å². The van der Waals surface area contributed by atoms with Gasteiger partial charge in [0.15, 0.2) is 0 Å². The first-order valence-corrected chi connectivity index (χ1v) is 3.06. The van der Waals surface area contributed by atoms with Crippen LogP contribution in [0.4, 0.5) is 0 Å². The minimum absolute atomic E-state index is 0.414. The third-order valence-corrected chi connectivity index (χ3v) is 1.32. The highest BCUT2D eigenvalue weighted by molar-refractivity contribution is 6.31. The first-order valence-electron chi connectivity index (χ1n) is 2.68. The van der Waals surface area contributed by atoms with Crippen LogP contribution in [0.3, 0.4) is 0 Å². The first kappa shape index (κ1) is 7.02. The molecule has 2 N–H and O–H groups in total. The molecule has 0 atom stereocenters. The molecule has 10 heavy (non-hydrogen) atoms. The summed E-state index contributed by atoms with van der Waals surface area (Å²) in [6.07, 6.45) is 3.06. The molecule has 3 nitrogen and oxygen atoms in total. The zero-order valence-corrected chi connectivity index (χ0v) is 5.92. The fraction of sp³-hybridized carbons (Fsp3) is 0. The standard InChI is InChI=1S/C6H6ClN3/c7-6-5(4-10-8)2-1-3-9-6/h1-4H,8H2. The molecule has 0 aliphatic heterocycles. The van der Waals surface area contributed by atoms with Gasteiger partial charge in [0.1, 0.15) is 5.15 Å². The van der Waals surface area contributed by atoms with E-state index >= 15 is 0 Å². The van der Waals surface area contributed by atoms with Crippen molar-refractivity contribution in [1.29, 1.82) is 0 Å². The van der Waals surface area contributed by atoms with Crippen LogP contribution in [0, 0.1) is 0 Å². The highest BCUT2D eigenvalue weighted by atomic mass is 35.5. The fourth-order valence-electron chi connectivity index (χ4n) is 0.575. The van der Waals surface area contributed by atoms with Gasteiger partial charge in [0.2, 0.25) is 0 Å². The molecule has 0 aromatic carbocycles. The minimum Gasteiger partial charge on any atom is -0.323 e. The minimum atomic E-state index is 0.414. The van der Waals surface area contributed by atoms with Crippen molar-refractivity contribution in [3.8, 4) is 0 Å². The number of hydrazone groups is 1. The lowest BCUT2D eigenvalue weighted by atomic mass is 10.3. The molecular formula is C6H6ClN3. The molecule has 0 fully saturated rings. The van der Waals surface area contributed by atoms with Gasteiger partial charge in [-0.05, 0) is 12.1 Å². The number of nitrogens with zero attached hydrogens (tertiary/aromatic N) is 2. The Morgan fingerprint density at radius 3 is 3.10 bits per heavy atom. The summed E-state index contributed by atoms with van der Waals surface area (Å²) in [5.74, 6) is 4.91. The van der Waals surface area contributed by atoms with Crippen molar-refractivity contribution in [2.24, 2.45) is 10.9 Å². The molecule has 0 saturated carbocycles. The molecule has 0 aliphatic carbocycles. The normalized spacial score (nSPS) is 10.5. The van der Waals surface area contributed by atoms with Gasteiger partial charge in [0.25, 0.3) is 0 Å². The third-order valence-electron chi connectivity index (χ3n) is 1.00. The number of aromatic nitrogens is 1. The van der Waals surface area contributed by atoms with E-state index in [4.69, 9.17) is 17.4 Å². The average Bonchev–Trinajstić information content (AvgIpc) is 1.94. The summed E-state index contributed by atoms with van der Waals surface area (Å²) in [5.41, 5.74) is 0.728. The van der Waals surface area contributed by atoms with Crippen LogP contribution >= 0.6 is 11.6 Å². The van der Waals surface area contributed by atoms with Crippen LogP contribution in [0.15, 0.2) is 23.4 Å². The van der Waals surface area contributed by atoms with Crippen molar-refractivity contribution < 1.29 is 0 Å². The monoisotopic (exact) mass is 155 g/mol. The first-order chi connectivity index (χ1) is 4.84. The van der Waals surface area contributed by atoms with Crippen molar-refractivity contribution in [2.45, 2.75) is 0 Å². The number of pyridine rings is 1. The van der Waals surface area contributed by atoms with Crippen LogP contribution in [0.2, 0.25) is 5.15 Å². The lowest BCUT2D eigenvalue weighted by Crippen LogP contribution is -1.88. The largest absolute Gasteiger partial charge is 0.323 e. The quantitative estimate of drug-likeness (QED) is 0.285. The predicted octanol–water partition coefficient (Wildman–Crippen LogP) is 1.03. The molecular weight excluding hydrogens is 150 g/mol. The lowest BCUT2D eigenvalue weighted by Gasteiger charge is -1.91. The van der Waals surface area contributed by atoms with E-state index in [1.807, 2.05) is 0 Å². The van der Waals surface area contributed by atoms with E-state index in [2.05, 4.69) is 10.1 Å². The van der Waals surface area contributed by atoms with Crippen LogP contribution in [0.25, 0.3) is 0 Å². The van der Waals surface area contributed by atoms with Crippen LogP contribution in [0.1, 0.15) is 5.56 Å². The Bertz CT molecular complexity index is 247. The van der Waals surface area contributed by atoms with Crippen LogP contribution in [-0.2, 0) is 0 Å². The molecule has 1 heterocycles. The Kier molecular flexibility index (Phi) is 2.23. The van der Waals surface area contributed by atoms with E-state index in [1.54, 1.807) is 18.3 Å². The second-order valence-corrected chi connectivity index (χ2v) is 2.02. The summed E-state index contributed by atoms with van der Waals surface area (Å²) >= 11 is 5.65. The van der Waals surface area contributed by atoms with Crippen molar-refractivity contribution in [3.05, 3.63) is 29.0 Å². The zero-order chi connectivity index (χ0) is 7.40. The van der Waals surface area contributed by atoms with Crippen LogP contribution in [0.5, 0.6) is 0 Å². The van der Waals surface area contributed by atoms with Gasteiger partial charge in [0, 0.05) is 11.8 Å². The Hall–Kier alpha value is -1.09. The van der Waals surface area contributed by atoms with Gasteiger partial charge in [-0.2, -0.15) is 5.10 Å². The molecule has 0 unspecified atom stereocenters. The van der Waals surface area contributed by atoms with Gasteiger partial charge < -0.3 is 5.84 Å². The number of rotatable bonds is 1. The molecule has 0 spiro atoms. The Morgan fingerprint density at radius 2 is 2.50 bits per heavy atom. The number of hydrogen-bond acceptors (Lipinski definition) is 3. The second-order valence-electron chi connectivity index (χ2n) is 1.66. The molecule has 1 rings (SSSR count). The summed E-state index contributed by atoms with van der Waals surface area (Å²) < 4.78 is 0. The lowest BCUT2D eigenvalue weighted by molar-refractivity contribution is 1.25. The molecule has 0 aliphatic rings.